The molecule has 23 nitrogen and oxygen atoms in total. The lowest BCUT2D eigenvalue weighted by Gasteiger charge is -2.39. The van der Waals surface area contributed by atoms with Crippen molar-refractivity contribution in [1.29, 1.82) is 0 Å². The number of benzene rings is 3. The van der Waals surface area contributed by atoms with Crippen molar-refractivity contribution in [3.8, 4) is 0 Å². The van der Waals surface area contributed by atoms with E-state index in [-0.39, 0.29) is 98.2 Å². The molecule has 3 saturated heterocycles. The monoisotopic (exact) mass is 1130 g/mol. The summed E-state index contributed by atoms with van der Waals surface area (Å²) in [6.45, 7) is 4.24. The fourth-order valence-corrected chi connectivity index (χ4v) is 12.5. The van der Waals surface area contributed by atoms with Gasteiger partial charge in [0.15, 0.2) is 0 Å². The maximum Gasteiger partial charge on any atom is 0.396 e. The number of primary amides is 1. The Hall–Kier alpha value is -7.75. The van der Waals surface area contributed by atoms with Crippen molar-refractivity contribution in [3.63, 3.8) is 0 Å². The van der Waals surface area contributed by atoms with Gasteiger partial charge in [0.1, 0.15) is 29.9 Å². The number of imide groups is 1. The highest BCUT2D eigenvalue weighted by molar-refractivity contribution is 7.70. The lowest BCUT2D eigenvalue weighted by molar-refractivity contribution is -0.146. The number of amides is 8. The van der Waals surface area contributed by atoms with E-state index in [0.29, 0.717) is 41.2 Å². The van der Waals surface area contributed by atoms with Gasteiger partial charge in [-0.25, -0.2) is 4.79 Å². The summed E-state index contributed by atoms with van der Waals surface area (Å²) in [5.41, 5.74) is 8.02. The molecule has 2 aromatic heterocycles. The first-order valence-corrected chi connectivity index (χ1v) is 29.3. The Morgan fingerprint density at radius 2 is 1.54 bits per heavy atom. The second-order valence-electron chi connectivity index (χ2n) is 22.5. The van der Waals surface area contributed by atoms with E-state index in [0.717, 1.165) is 48.8 Å². The van der Waals surface area contributed by atoms with Crippen LogP contribution >= 0.6 is 7.60 Å². The summed E-state index contributed by atoms with van der Waals surface area (Å²) >= 11 is 0. The van der Waals surface area contributed by atoms with Crippen molar-refractivity contribution in [2.24, 2.45) is 24.6 Å². The Labute approximate surface area is 466 Å². The molecule has 1 aliphatic carbocycles. The smallest absolute Gasteiger partial charge is 0.370 e. The molecule has 1 saturated carbocycles. The molecule has 4 aliphatic rings. The highest BCUT2D eigenvalue weighted by Gasteiger charge is 2.46. The number of carbonyl (C=O) groups is 9. The summed E-state index contributed by atoms with van der Waals surface area (Å²) in [5, 5.41) is 11.0. The fraction of sp³-hybridized carbons (Fsp3) is 0.474. The molecule has 8 amide bonds. The molecule has 3 aliphatic heterocycles. The predicted octanol–water partition coefficient (Wildman–Crippen LogP) is 3.44. The van der Waals surface area contributed by atoms with Crippen molar-refractivity contribution >= 4 is 82.3 Å². The normalized spacial score (nSPS) is 22.0. The Kier molecular flexibility index (Phi) is 17.3. The Bertz CT molecular complexity index is 3430. The van der Waals surface area contributed by atoms with Gasteiger partial charge in [-0.1, -0.05) is 44.2 Å². The number of piperidine rings is 1. The second-order valence-corrected chi connectivity index (χ2v) is 24.0. The minimum absolute atomic E-state index is 0.0312. The fourth-order valence-electron chi connectivity index (χ4n) is 12.0. The third-order valence-electron chi connectivity index (χ3n) is 16.6. The molecule has 24 heteroatoms. The SMILES string of the molecule is CC(C)c1ccc(CNC(=O)[C@H](CCC(N)=O)NC(=O)[C@@H]2CC[C@@H]3CCN(C(=O)CC4CCC(Cc5ccc6c(c5)n(C)c(=O)n6C5CCC(=O)NC5=O)CC4)C[C@H](NC(=O)c4cc5cc(C(=O)P(=O)(O)O)ccc5[nH]4)C(=O)N32)cc1. The van der Waals surface area contributed by atoms with Gasteiger partial charge in [0.25, 0.3) is 11.4 Å². The largest absolute Gasteiger partial charge is 0.396 e. The first-order chi connectivity index (χ1) is 38.5. The van der Waals surface area contributed by atoms with Gasteiger partial charge in [-0.3, -0.25) is 62.2 Å². The number of nitrogens with one attached hydrogen (secondary N) is 5. The van der Waals surface area contributed by atoms with E-state index in [4.69, 9.17) is 5.73 Å². The van der Waals surface area contributed by atoms with Crippen LogP contribution < -0.4 is 32.7 Å². The van der Waals surface area contributed by atoms with Gasteiger partial charge in [0.2, 0.25) is 41.4 Å². The van der Waals surface area contributed by atoms with Gasteiger partial charge in [-0.05, 0) is 135 Å². The van der Waals surface area contributed by atoms with Crippen molar-refractivity contribution in [2.45, 2.75) is 140 Å². The minimum atomic E-state index is -5.12. The van der Waals surface area contributed by atoms with Gasteiger partial charge in [0.05, 0.1) is 11.0 Å². The Morgan fingerprint density at radius 1 is 0.827 bits per heavy atom. The number of rotatable bonds is 18. The molecule has 5 heterocycles. The molecule has 430 valence electrons. The highest BCUT2D eigenvalue weighted by Crippen LogP contribution is 2.40. The first-order valence-electron chi connectivity index (χ1n) is 27.7. The van der Waals surface area contributed by atoms with E-state index in [1.807, 2.05) is 42.5 Å². The van der Waals surface area contributed by atoms with Gasteiger partial charge in [-0.2, -0.15) is 0 Å². The molecule has 81 heavy (non-hydrogen) atoms. The third kappa shape index (κ3) is 13.1. The summed E-state index contributed by atoms with van der Waals surface area (Å²) in [6, 6.07) is 13.7. The summed E-state index contributed by atoms with van der Waals surface area (Å²) < 4.78 is 14.7. The first kappa shape index (κ1) is 57.9. The molecule has 0 spiro atoms. The van der Waals surface area contributed by atoms with Crippen molar-refractivity contribution < 1.29 is 57.5 Å². The van der Waals surface area contributed by atoms with Crippen LogP contribution in [-0.4, -0.2) is 124 Å². The molecule has 4 fully saturated rings. The third-order valence-corrected chi connectivity index (χ3v) is 17.4. The second kappa shape index (κ2) is 24.1. The van der Waals surface area contributed by atoms with Gasteiger partial charge in [0, 0.05) is 68.5 Å². The predicted molar refractivity (Wildman–Crippen MR) is 296 cm³/mol. The van der Waals surface area contributed by atoms with E-state index in [1.165, 1.54) is 38.3 Å². The van der Waals surface area contributed by atoms with E-state index in [2.05, 4.69) is 40.1 Å². The number of nitrogens with zero attached hydrogens (tertiary/aromatic N) is 4. The minimum Gasteiger partial charge on any atom is -0.370 e. The Balaban J connectivity index is 0.888. The van der Waals surface area contributed by atoms with Crippen LogP contribution in [0.2, 0.25) is 0 Å². The molecule has 5 aromatic rings. The van der Waals surface area contributed by atoms with Crippen LogP contribution in [0.25, 0.3) is 21.9 Å². The molecular formula is C57H69N10O13P. The zero-order chi connectivity index (χ0) is 58.0. The van der Waals surface area contributed by atoms with Crippen molar-refractivity contribution in [2.75, 3.05) is 13.1 Å². The van der Waals surface area contributed by atoms with Gasteiger partial charge < -0.3 is 46.3 Å². The molecule has 9 rings (SSSR count). The number of H-pyrrole nitrogens is 1. The van der Waals surface area contributed by atoms with Crippen LogP contribution in [-0.2, 0) is 58.1 Å². The lowest BCUT2D eigenvalue weighted by atomic mass is 9.78. The lowest BCUT2D eigenvalue weighted by Crippen LogP contribution is -2.62. The number of aryl methyl sites for hydroxylation is 1. The number of aromatic amines is 1. The topological polar surface area (TPSA) is 335 Å². The number of hydrogen-bond acceptors (Lipinski definition) is 11. The molecule has 3 aromatic carbocycles. The van der Waals surface area contributed by atoms with Crippen molar-refractivity contribution in [3.05, 3.63) is 105 Å². The van der Waals surface area contributed by atoms with Crippen LogP contribution in [0.15, 0.2) is 71.5 Å². The standard InChI is InChI=1S/C57H69N10O13P/c1-31(2)36-11-8-34(9-12-36)29-59-51(71)41(16-20-48(58)68)61-53(73)45-18-14-39-22-23-65(30-43(55(75)66(39)45)62-52(72)42-28-38-27-37(13-15-40(38)60-42)56(76)81(78,79)80)50(70)26-33-6-4-32(5-7-33)24-35-10-17-44-47(25-35)64(3)57(77)67(44)46-19-21-49(69)63-54(46)74/h8-13,15,17,25,27-28,31-33,39,41,43,45-46,60H,4-7,14,16,18-24,26,29-30H2,1-3H3,(H2,58,68)(H,59,71)(H,61,73)(H,62,72)(H,63,69,74)(H2,78,79,80)/t32?,33?,39-,41+,43+,45+,46?/m1/s1. The maximum atomic E-state index is 15.0. The molecule has 5 atom stereocenters. The van der Waals surface area contributed by atoms with Crippen LogP contribution in [0.4, 0.5) is 0 Å². The van der Waals surface area contributed by atoms with E-state index in [1.54, 1.807) is 11.9 Å². The molecule has 0 radical (unpaired) electrons. The molecule has 9 N–H and O–H groups in total. The number of carbonyl (C=O) groups excluding carboxylic acids is 9. The van der Waals surface area contributed by atoms with Gasteiger partial charge in [-0.15, -0.1) is 0 Å². The molecule has 1 unspecified atom stereocenters. The zero-order valence-electron chi connectivity index (χ0n) is 45.5. The average Bonchev–Trinajstić information content (AvgIpc) is 4.17. The van der Waals surface area contributed by atoms with E-state index >= 15 is 4.79 Å². The van der Waals surface area contributed by atoms with Crippen LogP contribution in [0, 0.1) is 11.8 Å². The summed E-state index contributed by atoms with van der Waals surface area (Å²) in [7, 11) is -3.46. The van der Waals surface area contributed by atoms with E-state index in [9.17, 15) is 57.5 Å². The number of fused-ring (bicyclic) bond motifs is 3. The summed E-state index contributed by atoms with van der Waals surface area (Å²) in [4.78, 5) is 159. The van der Waals surface area contributed by atoms with Crippen LogP contribution in [0.5, 0.6) is 0 Å². The number of hydrogen-bond donors (Lipinski definition) is 8. The van der Waals surface area contributed by atoms with E-state index < -0.39 is 78.8 Å². The summed E-state index contributed by atoms with van der Waals surface area (Å²) in [5.74, 6) is -3.71. The molecule has 0 bridgehead atoms. The van der Waals surface area contributed by atoms with Crippen molar-refractivity contribution in [1.82, 2.24) is 45.2 Å². The number of imidazole rings is 1. The van der Waals surface area contributed by atoms with Crippen LogP contribution in [0.1, 0.15) is 140 Å². The molecular weight excluding hydrogens is 1060 g/mol. The quantitative estimate of drug-likeness (QED) is 0.0461. The zero-order valence-corrected chi connectivity index (χ0v) is 46.4. The van der Waals surface area contributed by atoms with Crippen LogP contribution in [0.3, 0.4) is 0 Å². The number of nitrogens with two attached hydrogens (primary N) is 1. The number of aromatic nitrogens is 3. The Morgan fingerprint density at radius 3 is 2.23 bits per heavy atom. The summed E-state index contributed by atoms with van der Waals surface area (Å²) in [6.07, 6.45) is 5.06. The highest BCUT2D eigenvalue weighted by atomic mass is 31.2. The van der Waals surface area contributed by atoms with Gasteiger partial charge >= 0.3 is 13.3 Å². The average molecular weight is 1130 g/mol. The maximum absolute atomic E-state index is 15.0.